The number of benzene rings is 1. The van der Waals surface area contributed by atoms with Crippen LogP contribution < -0.4 is 15.2 Å². The fourth-order valence-corrected chi connectivity index (χ4v) is 4.29. The molecule has 1 aliphatic carbocycles. The summed E-state index contributed by atoms with van der Waals surface area (Å²) in [7, 11) is 5.61. The molecule has 1 heterocycles. The van der Waals surface area contributed by atoms with Gasteiger partial charge in [0.05, 0.1) is 14.2 Å². The largest absolute Gasteiger partial charge is 0.493 e. The minimum Gasteiger partial charge on any atom is -0.493 e. The Morgan fingerprint density at radius 1 is 1.19 bits per heavy atom. The van der Waals surface area contributed by atoms with Gasteiger partial charge < -0.3 is 20.1 Å². The number of likely N-dealkylation sites (N-methyl/N-ethyl adjacent to an activating group) is 1. The lowest BCUT2D eigenvalue weighted by Gasteiger charge is -2.44. The van der Waals surface area contributed by atoms with Crippen molar-refractivity contribution >= 4 is 0 Å². The number of likely N-dealkylation sites (tertiary alicyclic amines) is 1. The van der Waals surface area contributed by atoms with E-state index in [1.807, 2.05) is 6.07 Å². The van der Waals surface area contributed by atoms with Crippen LogP contribution in [0.2, 0.25) is 0 Å². The van der Waals surface area contributed by atoms with Gasteiger partial charge in [-0.25, -0.2) is 0 Å². The molecule has 1 saturated heterocycles. The maximum atomic E-state index is 6.22. The molecule has 0 amide bonds. The van der Waals surface area contributed by atoms with Crippen molar-refractivity contribution in [2.75, 3.05) is 27.8 Å². The molecule has 3 rings (SSSR count). The lowest BCUT2D eigenvalue weighted by atomic mass is 9.65. The Hall–Kier alpha value is -1.26. The molecule has 1 aromatic carbocycles. The normalized spacial score (nSPS) is 32.8. The maximum absolute atomic E-state index is 6.22. The van der Waals surface area contributed by atoms with Gasteiger partial charge in [0.1, 0.15) is 0 Å². The molecule has 2 fully saturated rings. The van der Waals surface area contributed by atoms with E-state index in [1.54, 1.807) is 14.2 Å². The molecule has 116 valence electrons. The van der Waals surface area contributed by atoms with Crippen LogP contribution in [0.15, 0.2) is 18.2 Å². The Morgan fingerprint density at radius 3 is 2.67 bits per heavy atom. The summed E-state index contributed by atoms with van der Waals surface area (Å²) >= 11 is 0. The average molecular weight is 290 g/mol. The van der Waals surface area contributed by atoms with Crippen LogP contribution in [0.25, 0.3) is 0 Å². The van der Waals surface area contributed by atoms with E-state index in [0.29, 0.717) is 12.1 Å². The van der Waals surface area contributed by atoms with Crippen LogP contribution in [0.1, 0.15) is 31.2 Å². The molecule has 3 atom stereocenters. The van der Waals surface area contributed by atoms with Gasteiger partial charge in [-0.3, -0.25) is 0 Å². The molecule has 0 radical (unpaired) electrons. The minimum atomic E-state index is 0.226. The van der Waals surface area contributed by atoms with E-state index >= 15 is 0 Å². The van der Waals surface area contributed by atoms with Gasteiger partial charge in [-0.15, -0.1) is 0 Å². The number of methoxy groups -OCH3 is 2. The smallest absolute Gasteiger partial charge is 0.161 e. The van der Waals surface area contributed by atoms with E-state index in [4.69, 9.17) is 15.2 Å². The lowest BCUT2D eigenvalue weighted by molar-refractivity contribution is 0.167. The standard InChI is InChI=1S/C17H26N2O2/c1-19-9-8-17(7-6-13(18)11-16(17)19)12-4-5-14(20-2)15(10-12)21-3/h4-5,10,13,16H,6-9,11,18H2,1-3H3. The Kier molecular flexibility index (Phi) is 3.84. The summed E-state index contributed by atoms with van der Waals surface area (Å²) in [5.41, 5.74) is 7.82. The van der Waals surface area contributed by atoms with E-state index in [1.165, 1.54) is 18.4 Å². The van der Waals surface area contributed by atoms with Crippen LogP contribution in [0, 0.1) is 0 Å². The molecule has 2 aliphatic rings. The Morgan fingerprint density at radius 2 is 1.95 bits per heavy atom. The maximum Gasteiger partial charge on any atom is 0.161 e. The van der Waals surface area contributed by atoms with Crippen LogP contribution in [0.3, 0.4) is 0 Å². The van der Waals surface area contributed by atoms with Crippen molar-refractivity contribution < 1.29 is 9.47 Å². The van der Waals surface area contributed by atoms with Gasteiger partial charge in [0.25, 0.3) is 0 Å². The Balaban J connectivity index is 2.01. The SMILES string of the molecule is COc1ccc(C23CCC(N)CC2N(C)CC3)cc1OC. The van der Waals surface area contributed by atoms with Gasteiger partial charge in [-0.05, 0) is 57.0 Å². The third-order valence-corrected chi connectivity index (χ3v) is 5.53. The molecule has 0 aromatic heterocycles. The van der Waals surface area contributed by atoms with E-state index in [9.17, 15) is 0 Å². The fraction of sp³-hybridized carbons (Fsp3) is 0.647. The Bertz CT molecular complexity index is 520. The topological polar surface area (TPSA) is 47.7 Å². The van der Waals surface area contributed by atoms with E-state index < -0.39 is 0 Å². The monoisotopic (exact) mass is 290 g/mol. The fourth-order valence-electron chi connectivity index (χ4n) is 4.29. The van der Waals surface area contributed by atoms with Gasteiger partial charge >= 0.3 is 0 Å². The van der Waals surface area contributed by atoms with Crippen molar-refractivity contribution in [1.82, 2.24) is 4.90 Å². The summed E-state index contributed by atoms with van der Waals surface area (Å²) in [6.45, 7) is 1.14. The number of rotatable bonds is 3. The van der Waals surface area contributed by atoms with Gasteiger partial charge in [0.2, 0.25) is 0 Å². The zero-order valence-electron chi connectivity index (χ0n) is 13.3. The summed E-state index contributed by atoms with van der Waals surface area (Å²) in [5.74, 6) is 1.63. The lowest BCUT2D eigenvalue weighted by Crippen LogP contribution is -2.49. The zero-order valence-corrected chi connectivity index (χ0v) is 13.3. The summed E-state index contributed by atoms with van der Waals surface area (Å²) in [4.78, 5) is 2.48. The van der Waals surface area contributed by atoms with E-state index in [-0.39, 0.29) is 5.41 Å². The van der Waals surface area contributed by atoms with Crippen molar-refractivity contribution in [3.8, 4) is 11.5 Å². The van der Waals surface area contributed by atoms with Crippen LogP contribution in [-0.2, 0) is 5.41 Å². The predicted octanol–water partition coefficient (Wildman–Crippen LogP) is 2.16. The molecule has 0 spiro atoms. The number of nitrogens with zero attached hydrogens (tertiary/aromatic N) is 1. The van der Waals surface area contributed by atoms with Crippen molar-refractivity contribution in [1.29, 1.82) is 0 Å². The number of hydrogen-bond acceptors (Lipinski definition) is 4. The third-order valence-electron chi connectivity index (χ3n) is 5.53. The second-order valence-corrected chi connectivity index (χ2v) is 6.51. The van der Waals surface area contributed by atoms with Crippen LogP contribution in [0.4, 0.5) is 0 Å². The first-order chi connectivity index (χ1) is 10.1. The molecule has 0 bridgehead atoms. The van der Waals surface area contributed by atoms with E-state index in [2.05, 4.69) is 24.1 Å². The number of hydrogen-bond donors (Lipinski definition) is 1. The van der Waals surface area contributed by atoms with Gasteiger partial charge in [0, 0.05) is 17.5 Å². The average Bonchev–Trinajstić information content (AvgIpc) is 2.85. The van der Waals surface area contributed by atoms with Crippen LogP contribution in [0.5, 0.6) is 11.5 Å². The number of nitrogens with two attached hydrogens (primary N) is 1. The Labute approximate surface area is 127 Å². The summed E-state index contributed by atoms with van der Waals surface area (Å²) in [6, 6.07) is 7.29. The van der Waals surface area contributed by atoms with E-state index in [0.717, 1.165) is 30.9 Å². The molecular formula is C17H26N2O2. The summed E-state index contributed by atoms with van der Waals surface area (Å²) in [5, 5.41) is 0. The van der Waals surface area contributed by atoms with Crippen molar-refractivity contribution in [2.24, 2.45) is 5.73 Å². The second kappa shape index (κ2) is 5.50. The second-order valence-electron chi connectivity index (χ2n) is 6.51. The molecule has 2 N–H and O–H groups in total. The summed E-state index contributed by atoms with van der Waals surface area (Å²) in [6.07, 6.45) is 4.57. The number of ether oxygens (including phenoxy) is 2. The van der Waals surface area contributed by atoms with Crippen molar-refractivity contribution in [3.63, 3.8) is 0 Å². The summed E-state index contributed by atoms with van der Waals surface area (Å²) < 4.78 is 10.9. The van der Waals surface area contributed by atoms with Crippen LogP contribution >= 0.6 is 0 Å². The highest BCUT2D eigenvalue weighted by atomic mass is 16.5. The van der Waals surface area contributed by atoms with Gasteiger partial charge in [-0.2, -0.15) is 0 Å². The highest BCUT2D eigenvalue weighted by Gasteiger charge is 2.49. The number of fused-ring (bicyclic) bond motifs is 1. The van der Waals surface area contributed by atoms with Gasteiger partial charge in [0.15, 0.2) is 11.5 Å². The first-order valence-corrected chi connectivity index (χ1v) is 7.79. The quantitative estimate of drug-likeness (QED) is 0.926. The molecule has 21 heavy (non-hydrogen) atoms. The highest BCUT2D eigenvalue weighted by Crippen LogP contribution is 2.49. The first-order valence-electron chi connectivity index (χ1n) is 7.79. The predicted molar refractivity (Wildman–Crippen MR) is 84.1 cm³/mol. The first kappa shape index (κ1) is 14.7. The molecule has 1 aliphatic heterocycles. The molecule has 4 heteroatoms. The zero-order chi connectivity index (χ0) is 15.0. The third kappa shape index (κ3) is 2.30. The molecule has 4 nitrogen and oxygen atoms in total. The van der Waals surface area contributed by atoms with Crippen molar-refractivity contribution in [2.45, 2.75) is 43.2 Å². The van der Waals surface area contributed by atoms with Gasteiger partial charge in [-0.1, -0.05) is 6.07 Å². The molecule has 1 saturated carbocycles. The molecule has 1 aromatic rings. The van der Waals surface area contributed by atoms with Crippen molar-refractivity contribution in [3.05, 3.63) is 23.8 Å². The van der Waals surface area contributed by atoms with Crippen LogP contribution in [-0.4, -0.2) is 44.8 Å². The molecular weight excluding hydrogens is 264 g/mol. The molecule has 3 unspecified atom stereocenters. The highest BCUT2D eigenvalue weighted by molar-refractivity contribution is 5.46. The minimum absolute atomic E-state index is 0.226.